The number of benzene rings is 2. The summed E-state index contributed by atoms with van der Waals surface area (Å²) in [6.07, 6.45) is 4.99. The van der Waals surface area contributed by atoms with Gasteiger partial charge in [-0.25, -0.2) is 4.68 Å². The first-order chi connectivity index (χ1) is 15.2. The number of nitrogens with zero attached hydrogens (tertiary/aromatic N) is 4. The molecule has 1 aromatic heterocycles. The normalized spacial score (nSPS) is 14.7. The van der Waals surface area contributed by atoms with Gasteiger partial charge in [-0.3, -0.25) is 9.69 Å². The lowest BCUT2D eigenvalue weighted by atomic mass is 10.1. The van der Waals surface area contributed by atoms with Crippen LogP contribution in [-0.2, 0) is 29.2 Å². The predicted molar refractivity (Wildman–Crippen MR) is 119 cm³/mol. The molecule has 3 aromatic rings. The van der Waals surface area contributed by atoms with E-state index in [0.717, 1.165) is 44.0 Å². The molecule has 0 atom stereocenters. The van der Waals surface area contributed by atoms with Crippen molar-refractivity contribution in [2.24, 2.45) is 0 Å². The van der Waals surface area contributed by atoms with Crippen LogP contribution in [0.3, 0.4) is 0 Å². The van der Waals surface area contributed by atoms with Crippen LogP contribution < -0.4 is 5.32 Å². The minimum absolute atomic E-state index is 0.157. The number of rotatable bonds is 8. The monoisotopic (exact) mass is 417 g/mol. The fraction of sp³-hybridized carbons (Fsp3) is 0.292. The van der Waals surface area contributed by atoms with Gasteiger partial charge in [-0.2, -0.15) is 0 Å². The predicted octanol–water partition coefficient (Wildman–Crippen LogP) is 2.49. The summed E-state index contributed by atoms with van der Waals surface area (Å²) in [7, 11) is 0. The van der Waals surface area contributed by atoms with Crippen molar-refractivity contribution in [2.75, 3.05) is 26.3 Å². The van der Waals surface area contributed by atoms with E-state index in [-0.39, 0.29) is 5.91 Å². The summed E-state index contributed by atoms with van der Waals surface area (Å²) in [5.41, 5.74) is 4.15. The molecule has 0 radical (unpaired) electrons. The molecular formula is C24H27N5O2. The number of amides is 1. The van der Waals surface area contributed by atoms with Gasteiger partial charge in [0.25, 0.3) is 0 Å². The highest BCUT2D eigenvalue weighted by Gasteiger charge is 2.10. The third-order valence-electron chi connectivity index (χ3n) is 5.15. The van der Waals surface area contributed by atoms with Gasteiger partial charge in [-0.15, -0.1) is 5.10 Å². The molecule has 2 aromatic carbocycles. The maximum atomic E-state index is 12.1. The van der Waals surface area contributed by atoms with Gasteiger partial charge in [-0.1, -0.05) is 59.8 Å². The Morgan fingerprint density at radius 3 is 2.45 bits per heavy atom. The maximum absolute atomic E-state index is 12.1. The molecule has 7 nitrogen and oxygen atoms in total. The van der Waals surface area contributed by atoms with Crippen molar-refractivity contribution in [3.8, 4) is 0 Å². The molecule has 1 amide bonds. The van der Waals surface area contributed by atoms with Gasteiger partial charge in [0.15, 0.2) is 0 Å². The Balaban J connectivity index is 1.22. The highest BCUT2D eigenvalue weighted by Crippen LogP contribution is 2.09. The zero-order chi connectivity index (χ0) is 21.3. The molecule has 160 valence electrons. The van der Waals surface area contributed by atoms with E-state index in [1.807, 2.05) is 36.5 Å². The van der Waals surface area contributed by atoms with Crippen molar-refractivity contribution in [1.29, 1.82) is 0 Å². The highest BCUT2D eigenvalue weighted by atomic mass is 16.5. The van der Waals surface area contributed by atoms with Crippen LogP contribution in [0.5, 0.6) is 0 Å². The van der Waals surface area contributed by atoms with Crippen molar-refractivity contribution < 1.29 is 9.53 Å². The van der Waals surface area contributed by atoms with E-state index < -0.39 is 0 Å². The summed E-state index contributed by atoms with van der Waals surface area (Å²) in [4.78, 5) is 14.5. The van der Waals surface area contributed by atoms with Crippen LogP contribution >= 0.6 is 0 Å². The molecule has 7 heteroatoms. The van der Waals surface area contributed by atoms with Crippen LogP contribution in [0.1, 0.15) is 22.4 Å². The molecule has 2 heterocycles. The van der Waals surface area contributed by atoms with E-state index in [0.29, 0.717) is 18.8 Å². The van der Waals surface area contributed by atoms with Crippen molar-refractivity contribution in [3.63, 3.8) is 0 Å². The summed E-state index contributed by atoms with van der Waals surface area (Å²) in [5, 5.41) is 11.1. The van der Waals surface area contributed by atoms with Gasteiger partial charge in [0.05, 0.1) is 26.0 Å². The van der Waals surface area contributed by atoms with Crippen LogP contribution in [0.4, 0.5) is 0 Å². The zero-order valence-electron chi connectivity index (χ0n) is 17.5. The summed E-state index contributed by atoms with van der Waals surface area (Å²) in [6.45, 7) is 5.64. The van der Waals surface area contributed by atoms with Crippen LogP contribution in [0.2, 0.25) is 0 Å². The van der Waals surface area contributed by atoms with Crippen molar-refractivity contribution in [3.05, 3.63) is 89.3 Å². The standard InChI is InChI=1S/C24H27N5O2/c30-24(11-10-23-19-29(27-26-23)18-21-4-2-1-3-5-21)25-16-20-6-8-22(9-7-20)17-28-12-14-31-15-13-28/h1-11,19H,12-18H2,(H,25,30)/b11-10+. The highest BCUT2D eigenvalue weighted by molar-refractivity contribution is 5.91. The van der Waals surface area contributed by atoms with Crippen LogP contribution in [0.15, 0.2) is 66.9 Å². The molecular weight excluding hydrogens is 390 g/mol. The molecule has 1 N–H and O–H groups in total. The average molecular weight is 418 g/mol. The van der Waals surface area contributed by atoms with E-state index in [1.165, 1.54) is 11.6 Å². The Labute approximate surface area is 182 Å². The molecule has 0 saturated carbocycles. The first kappa shape index (κ1) is 21.0. The summed E-state index contributed by atoms with van der Waals surface area (Å²) in [5.74, 6) is -0.157. The van der Waals surface area contributed by atoms with Crippen molar-refractivity contribution >= 4 is 12.0 Å². The van der Waals surface area contributed by atoms with Crippen LogP contribution in [0.25, 0.3) is 6.08 Å². The lowest BCUT2D eigenvalue weighted by Crippen LogP contribution is -2.35. The molecule has 0 unspecified atom stereocenters. The first-order valence-corrected chi connectivity index (χ1v) is 10.5. The smallest absolute Gasteiger partial charge is 0.244 e. The Bertz CT molecular complexity index is 992. The Morgan fingerprint density at radius 1 is 0.968 bits per heavy atom. The van der Waals surface area contributed by atoms with Crippen molar-refractivity contribution in [1.82, 2.24) is 25.2 Å². The van der Waals surface area contributed by atoms with E-state index in [9.17, 15) is 4.79 Å². The Kier molecular flexibility index (Phi) is 7.20. The molecule has 1 aliphatic heterocycles. The molecule has 0 aliphatic carbocycles. The topological polar surface area (TPSA) is 72.3 Å². The van der Waals surface area contributed by atoms with E-state index in [1.54, 1.807) is 10.8 Å². The van der Waals surface area contributed by atoms with Gasteiger partial charge in [0.1, 0.15) is 5.69 Å². The zero-order valence-corrected chi connectivity index (χ0v) is 17.5. The van der Waals surface area contributed by atoms with Crippen molar-refractivity contribution in [2.45, 2.75) is 19.6 Å². The maximum Gasteiger partial charge on any atom is 0.244 e. The number of nitrogens with one attached hydrogen (secondary N) is 1. The molecule has 4 rings (SSSR count). The van der Waals surface area contributed by atoms with Crippen LogP contribution in [-0.4, -0.2) is 52.1 Å². The largest absolute Gasteiger partial charge is 0.379 e. The Hall–Kier alpha value is -3.29. The van der Waals surface area contributed by atoms with Gasteiger partial charge in [0, 0.05) is 32.3 Å². The average Bonchev–Trinajstić information content (AvgIpc) is 3.26. The van der Waals surface area contributed by atoms with Gasteiger partial charge in [-0.05, 0) is 22.8 Å². The minimum Gasteiger partial charge on any atom is -0.379 e. The fourth-order valence-corrected chi connectivity index (χ4v) is 3.43. The third kappa shape index (κ3) is 6.60. The lowest BCUT2D eigenvalue weighted by Gasteiger charge is -2.26. The molecule has 1 aliphatic rings. The second-order valence-corrected chi connectivity index (χ2v) is 7.58. The second kappa shape index (κ2) is 10.7. The number of hydrogen-bond acceptors (Lipinski definition) is 5. The molecule has 1 fully saturated rings. The summed E-state index contributed by atoms with van der Waals surface area (Å²) in [6, 6.07) is 18.4. The molecule has 0 spiro atoms. The quantitative estimate of drug-likeness (QED) is 0.570. The fourth-order valence-electron chi connectivity index (χ4n) is 3.43. The van der Waals surface area contributed by atoms with Crippen LogP contribution in [0, 0.1) is 0 Å². The second-order valence-electron chi connectivity index (χ2n) is 7.58. The van der Waals surface area contributed by atoms with Gasteiger partial charge in [0.2, 0.25) is 5.91 Å². The van der Waals surface area contributed by atoms with E-state index >= 15 is 0 Å². The third-order valence-corrected chi connectivity index (χ3v) is 5.15. The Morgan fingerprint density at radius 2 is 1.68 bits per heavy atom. The number of carbonyl (C=O) groups excluding carboxylic acids is 1. The number of hydrogen-bond donors (Lipinski definition) is 1. The number of carbonyl (C=O) groups is 1. The molecule has 0 bridgehead atoms. The SMILES string of the molecule is O=C(/C=C/c1cn(Cc2ccccc2)nn1)NCc1ccc(CN2CCOCC2)cc1. The number of ether oxygens (including phenoxy) is 1. The number of aromatic nitrogens is 3. The van der Waals surface area contributed by atoms with E-state index in [2.05, 4.69) is 44.8 Å². The minimum atomic E-state index is -0.157. The summed E-state index contributed by atoms with van der Waals surface area (Å²) >= 11 is 0. The lowest BCUT2D eigenvalue weighted by molar-refractivity contribution is -0.116. The molecule has 1 saturated heterocycles. The van der Waals surface area contributed by atoms with Gasteiger partial charge >= 0.3 is 0 Å². The van der Waals surface area contributed by atoms with E-state index in [4.69, 9.17) is 4.74 Å². The first-order valence-electron chi connectivity index (χ1n) is 10.5. The number of morpholine rings is 1. The molecule has 31 heavy (non-hydrogen) atoms. The summed E-state index contributed by atoms with van der Waals surface area (Å²) < 4.78 is 7.14. The van der Waals surface area contributed by atoms with Gasteiger partial charge < -0.3 is 10.1 Å².